The Morgan fingerprint density at radius 2 is 1.81 bits per heavy atom. The van der Waals surface area contributed by atoms with E-state index in [1.807, 2.05) is 42.5 Å². The zero-order valence-corrected chi connectivity index (χ0v) is 16.7. The quantitative estimate of drug-likeness (QED) is 0.737. The molecule has 1 heterocycles. The smallest absolute Gasteiger partial charge is 0.255 e. The first-order valence-corrected chi connectivity index (χ1v) is 9.28. The Hall–Kier alpha value is -1.79. The summed E-state index contributed by atoms with van der Waals surface area (Å²) >= 11 is 6.17. The van der Waals surface area contributed by atoms with Gasteiger partial charge in [-0.1, -0.05) is 41.9 Å². The van der Waals surface area contributed by atoms with Gasteiger partial charge in [0.15, 0.2) is 0 Å². The highest BCUT2D eigenvalue weighted by molar-refractivity contribution is 6.31. The van der Waals surface area contributed by atoms with E-state index < -0.39 is 0 Å². The second kappa shape index (κ2) is 11.1. The van der Waals surface area contributed by atoms with E-state index in [-0.39, 0.29) is 18.3 Å². The topological polar surface area (TPSA) is 53.6 Å². The molecule has 3 rings (SSSR count). The van der Waals surface area contributed by atoms with Crippen LogP contribution >= 0.6 is 24.0 Å². The molecule has 1 amide bonds. The number of carbonyl (C=O) groups excluding carboxylic acids is 1. The largest absolute Gasteiger partial charge is 0.488 e. The summed E-state index contributed by atoms with van der Waals surface area (Å²) in [5.74, 6) is 0.446. The van der Waals surface area contributed by atoms with Crippen molar-refractivity contribution in [3.8, 4) is 5.75 Å². The van der Waals surface area contributed by atoms with Crippen molar-refractivity contribution in [1.82, 2.24) is 15.5 Å². The summed E-state index contributed by atoms with van der Waals surface area (Å²) in [6.45, 7) is 5.86. The highest BCUT2D eigenvalue weighted by Crippen LogP contribution is 2.22. The number of ether oxygens (including phenoxy) is 1. The van der Waals surface area contributed by atoms with Crippen molar-refractivity contribution >= 4 is 29.9 Å². The van der Waals surface area contributed by atoms with Crippen LogP contribution in [0.15, 0.2) is 48.5 Å². The summed E-state index contributed by atoms with van der Waals surface area (Å²) in [5, 5.41) is 6.97. The van der Waals surface area contributed by atoms with Crippen LogP contribution in [-0.2, 0) is 6.61 Å². The molecule has 5 nitrogen and oxygen atoms in total. The maximum atomic E-state index is 12.5. The lowest BCUT2D eigenvalue weighted by molar-refractivity contribution is 0.0942. The predicted molar refractivity (Wildman–Crippen MR) is 111 cm³/mol. The van der Waals surface area contributed by atoms with Crippen LogP contribution < -0.4 is 15.4 Å². The van der Waals surface area contributed by atoms with Crippen LogP contribution in [0.1, 0.15) is 15.9 Å². The molecule has 0 atom stereocenters. The third-order valence-electron chi connectivity index (χ3n) is 4.40. The lowest BCUT2D eigenvalue weighted by atomic mass is 10.2. The number of halogens is 2. The van der Waals surface area contributed by atoms with Gasteiger partial charge in [-0.3, -0.25) is 9.69 Å². The number of hydrogen-bond acceptors (Lipinski definition) is 4. The Morgan fingerprint density at radius 3 is 2.59 bits per heavy atom. The van der Waals surface area contributed by atoms with Crippen molar-refractivity contribution < 1.29 is 9.53 Å². The summed E-state index contributed by atoms with van der Waals surface area (Å²) in [6, 6.07) is 14.8. The van der Waals surface area contributed by atoms with Gasteiger partial charge in [0, 0.05) is 49.9 Å². The van der Waals surface area contributed by atoms with Crippen LogP contribution in [0.3, 0.4) is 0 Å². The Kier molecular flexibility index (Phi) is 8.88. The number of nitrogens with zero attached hydrogens (tertiary/aromatic N) is 1. The molecule has 27 heavy (non-hydrogen) atoms. The Bertz CT molecular complexity index is 737. The molecular formula is C20H25Cl2N3O2. The van der Waals surface area contributed by atoms with Gasteiger partial charge in [0.25, 0.3) is 5.91 Å². The number of rotatable bonds is 7. The van der Waals surface area contributed by atoms with E-state index in [0.717, 1.165) is 38.3 Å². The number of para-hydroxylation sites is 1. The van der Waals surface area contributed by atoms with Crippen LogP contribution in [0.4, 0.5) is 0 Å². The zero-order chi connectivity index (χ0) is 18.2. The summed E-state index contributed by atoms with van der Waals surface area (Å²) < 4.78 is 5.86. The molecule has 1 aliphatic heterocycles. The molecule has 0 unspecified atom stereocenters. The molecule has 0 aromatic heterocycles. The average molecular weight is 410 g/mol. The first kappa shape index (κ1) is 21.5. The highest BCUT2D eigenvalue weighted by atomic mass is 35.5. The molecule has 0 spiro atoms. The van der Waals surface area contributed by atoms with Gasteiger partial charge < -0.3 is 15.4 Å². The van der Waals surface area contributed by atoms with Crippen molar-refractivity contribution in [3.63, 3.8) is 0 Å². The fraction of sp³-hybridized carbons (Fsp3) is 0.350. The van der Waals surface area contributed by atoms with Gasteiger partial charge >= 0.3 is 0 Å². The lowest BCUT2D eigenvalue weighted by Gasteiger charge is -2.27. The lowest BCUT2D eigenvalue weighted by Crippen LogP contribution is -2.46. The molecule has 146 valence electrons. The van der Waals surface area contributed by atoms with Gasteiger partial charge in [-0.25, -0.2) is 0 Å². The number of piperazine rings is 1. The summed E-state index contributed by atoms with van der Waals surface area (Å²) in [4.78, 5) is 14.9. The van der Waals surface area contributed by atoms with Crippen LogP contribution in [0, 0.1) is 0 Å². The van der Waals surface area contributed by atoms with Gasteiger partial charge in [-0.05, 0) is 18.2 Å². The molecule has 0 aliphatic carbocycles. The Balaban J connectivity index is 0.00000261. The number of nitrogens with one attached hydrogen (secondary N) is 2. The van der Waals surface area contributed by atoms with Gasteiger partial charge in [0.2, 0.25) is 0 Å². The molecule has 7 heteroatoms. The fourth-order valence-electron chi connectivity index (χ4n) is 2.91. The first-order chi connectivity index (χ1) is 12.7. The SMILES string of the molecule is Cl.O=C(NCCN1CCNCC1)c1ccccc1OCc1ccccc1Cl. The number of benzene rings is 2. The highest BCUT2D eigenvalue weighted by Gasteiger charge is 2.14. The van der Waals surface area contributed by atoms with Gasteiger partial charge in [0.05, 0.1) is 5.56 Å². The Labute approximate surface area is 171 Å². The monoisotopic (exact) mass is 409 g/mol. The standard InChI is InChI=1S/C20H24ClN3O2.ClH/c21-18-7-3-1-5-16(18)15-26-19-8-4-2-6-17(19)20(25)23-11-14-24-12-9-22-10-13-24;/h1-8,22H,9-15H2,(H,23,25);1H. The van der Waals surface area contributed by atoms with E-state index in [9.17, 15) is 4.79 Å². The molecule has 0 radical (unpaired) electrons. The molecule has 2 aromatic rings. The predicted octanol–water partition coefficient (Wildman–Crippen LogP) is 2.98. The fourth-order valence-corrected chi connectivity index (χ4v) is 3.10. The van der Waals surface area contributed by atoms with Crippen LogP contribution in [0.5, 0.6) is 5.75 Å². The van der Waals surface area contributed by atoms with E-state index >= 15 is 0 Å². The van der Waals surface area contributed by atoms with Crippen molar-refractivity contribution in [2.45, 2.75) is 6.61 Å². The Morgan fingerprint density at radius 1 is 1.11 bits per heavy atom. The summed E-state index contributed by atoms with van der Waals surface area (Å²) in [6.07, 6.45) is 0. The molecule has 2 N–H and O–H groups in total. The summed E-state index contributed by atoms with van der Waals surface area (Å²) in [5.41, 5.74) is 1.43. The van der Waals surface area contributed by atoms with Crippen LogP contribution in [0.2, 0.25) is 5.02 Å². The van der Waals surface area contributed by atoms with Crippen molar-refractivity contribution in [2.24, 2.45) is 0 Å². The number of carbonyl (C=O) groups is 1. The summed E-state index contributed by atoms with van der Waals surface area (Å²) in [7, 11) is 0. The van der Waals surface area contributed by atoms with Crippen molar-refractivity contribution in [2.75, 3.05) is 39.3 Å². The van der Waals surface area contributed by atoms with Gasteiger partial charge in [-0.2, -0.15) is 0 Å². The molecule has 2 aromatic carbocycles. The van der Waals surface area contributed by atoms with E-state index in [2.05, 4.69) is 15.5 Å². The maximum Gasteiger partial charge on any atom is 0.255 e. The zero-order valence-electron chi connectivity index (χ0n) is 15.1. The van der Waals surface area contributed by atoms with Crippen molar-refractivity contribution in [3.05, 3.63) is 64.7 Å². The minimum Gasteiger partial charge on any atom is -0.488 e. The number of hydrogen-bond donors (Lipinski definition) is 2. The molecular weight excluding hydrogens is 385 g/mol. The molecule has 0 saturated carbocycles. The minimum atomic E-state index is -0.116. The third-order valence-corrected chi connectivity index (χ3v) is 4.76. The minimum absolute atomic E-state index is 0. The molecule has 1 saturated heterocycles. The molecule has 1 fully saturated rings. The van der Waals surface area contributed by atoms with Crippen molar-refractivity contribution in [1.29, 1.82) is 0 Å². The van der Waals surface area contributed by atoms with E-state index in [1.165, 1.54) is 0 Å². The molecule has 1 aliphatic rings. The number of amides is 1. The van der Waals surface area contributed by atoms with E-state index in [4.69, 9.17) is 16.3 Å². The molecule has 0 bridgehead atoms. The average Bonchev–Trinajstić information content (AvgIpc) is 2.68. The second-order valence-electron chi connectivity index (χ2n) is 6.22. The first-order valence-electron chi connectivity index (χ1n) is 8.90. The van der Waals surface area contributed by atoms with E-state index in [1.54, 1.807) is 6.07 Å². The van der Waals surface area contributed by atoms with Gasteiger partial charge in [-0.15, -0.1) is 12.4 Å². The third kappa shape index (κ3) is 6.40. The van der Waals surface area contributed by atoms with E-state index in [0.29, 0.717) is 29.5 Å². The van der Waals surface area contributed by atoms with Crippen LogP contribution in [0.25, 0.3) is 0 Å². The normalized spacial score (nSPS) is 14.3. The van der Waals surface area contributed by atoms with Crippen LogP contribution in [-0.4, -0.2) is 50.1 Å². The second-order valence-corrected chi connectivity index (χ2v) is 6.63. The maximum absolute atomic E-state index is 12.5. The van der Waals surface area contributed by atoms with Gasteiger partial charge in [0.1, 0.15) is 12.4 Å².